The third-order valence-electron chi connectivity index (χ3n) is 4.43. The molecule has 1 aromatic carbocycles. The monoisotopic (exact) mass is 394 g/mol. The second-order valence-corrected chi connectivity index (χ2v) is 9.57. The maximum absolute atomic E-state index is 12.6. The van der Waals surface area contributed by atoms with Crippen LogP contribution < -0.4 is 0 Å². The quantitative estimate of drug-likeness (QED) is 0.784. The molecule has 0 aliphatic carbocycles. The van der Waals surface area contributed by atoms with Crippen LogP contribution in [0.15, 0.2) is 41.8 Å². The molecule has 2 bridgehead atoms. The number of rotatable bonds is 4. The van der Waals surface area contributed by atoms with Crippen molar-refractivity contribution in [3.8, 4) is 0 Å². The van der Waals surface area contributed by atoms with Crippen molar-refractivity contribution in [2.45, 2.75) is 45.1 Å². The van der Waals surface area contributed by atoms with Gasteiger partial charge >= 0.3 is 6.09 Å². The van der Waals surface area contributed by atoms with Crippen LogP contribution in [0.3, 0.4) is 0 Å². The summed E-state index contributed by atoms with van der Waals surface area (Å²) >= 11 is 0. The highest BCUT2D eigenvalue weighted by Gasteiger charge is 2.44. The maximum Gasteiger partial charge on any atom is 0.410 e. The lowest BCUT2D eigenvalue weighted by molar-refractivity contribution is -0.0102. The molecule has 0 saturated carbocycles. The molecular formula is C19H26N2O5S. The van der Waals surface area contributed by atoms with E-state index in [9.17, 15) is 13.2 Å². The molecule has 2 heterocycles. The normalized spacial score (nSPS) is 26.6. The van der Waals surface area contributed by atoms with Gasteiger partial charge in [0.25, 0.3) is 0 Å². The maximum atomic E-state index is 12.6. The minimum atomic E-state index is -3.49. The molecular weight excluding hydrogens is 368 g/mol. The largest absolute Gasteiger partial charge is 0.444 e. The van der Waals surface area contributed by atoms with Gasteiger partial charge in [0.15, 0.2) is 0 Å². The molecule has 8 heteroatoms. The second-order valence-electron chi connectivity index (χ2n) is 7.80. The van der Waals surface area contributed by atoms with E-state index >= 15 is 0 Å². The molecule has 0 N–H and O–H groups in total. The van der Waals surface area contributed by atoms with Gasteiger partial charge in [0.1, 0.15) is 5.60 Å². The van der Waals surface area contributed by atoms with Crippen molar-refractivity contribution < 1.29 is 22.7 Å². The first-order valence-electron chi connectivity index (χ1n) is 8.97. The molecule has 148 valence electrons. The molecule has 1 amide bonds. The Morgan fingerprint density at radius 2 is 1.89 bits per heavy atom. The van der Waals surface area contributed by atoms with Gasteiger partial charge in [0.2, 0.25) is 10.0 Å². The lowest BCUT2D eigenvalue weighted by Gasteiger charge is -2.46. The van der Waals surface area contributed by atoms with E-state index < -0.39 is 27.8 Å². The van der Waals surface area contributed by atoms with Gasteiger partial charge in [-0.1, -0.05) is 30.3 Å². The van der Waals surface area contributed by atoms with Crippen LogP contribution in [-0.2, 0) is 26.1 Å². The zero-order chi connectivity index (χ0) is 19.7. The highest BCUT2D eigenvalue weighted by atomic mass is 32.2. The number of piperazine rings is 1. The van der Waals surface area contributed by atoms with Crippen molar-refractivity contribution in [1.29, 1.82) is 0 Å². The Morgan fingerprint density at radius 1 is 1.19 bits per heavy atom. The molecule has 3 rings (SSSR count). The Balaban J connectivity index is 1.71. The molecule has 3 atom stereocenters. The Morgan fingerprint density at radius 3 is 2.56 bits per heavy atom. The Kier molecular flexibility index (Phi) is 5.60. The number of carbonyl (C=O) groups is 1. The zero-order valence-corrected chi connectivity index (χ0v) is 16.7. The molecule has 0 aromatic heterocycles. The van der Waals surface area contributed by atoms with E-state index in [2.05, 4.69) is 0 Å². The van der Waals surface area contributed by atoms with Crippen LogP contribution in [0.5, 0.6) is 0 Å². The van der Waals surface area contributed by atoms with Gasteiger partial charge in [0.05, 0.1) is 25.3 Å². The summed E-state index contributed by atoms with van der Waals surface area (Å²) in [5.74, 6) is 0. The number of nitrogens with zero attached hydrogens (tertiary/aromatic N) is 2. The van der Waals surface area contributed by atoms with Gasteiger partial charge in [-0.2, -0.15) is 4.31 Å². The summed E-state index contributed by atoms with van der Waals surface area (Å²) in [6.45, 7) is 6.47. The predicted octanol–water partition coefficient (Wildman–Crippen LogP) is 2.35. The molecule has 2 aliphatic heterocycles. The van der Waals surface area contributed by atoms with Gasteiger partial charge in [-0.25, -0.2) is 13.2 Å². The van der Waals surface area contributed by atoms with Crippen molar-refractivity contribution in [2.75, 3.05) is 19.7 Å². The smallest absolute Gasteiger partial charge is 0.410 e. The number of fused-ring (bicyclic) bond motifs is 2. The summed E-state index contributed by atoms with van der Waals surface area (Å²) in [6, 6.07) is 8.90. The predicted molar refractivity (Wildman–Crippen MR) is 101 cm³/mol. The van der Waals surface area contributed by atoms with E-state index in [1.54, 1.807) is 11.0 Å². The van der Waals surface area contributed by atoms with E-state index in [-0.39, 0.29) is 25.7 Å². The van der Waals surface area contributed by atoms with Crippen LogP contribution in [0.1, 0.15) is 26.3 Å². The van der Waals surface area contributed by atoms with Crippen molar-refractivity contribution in [3.63, 3.8) is 0 Å². The van der Waals surface area contributed by atoms with Crippen LogP contribution in [0.25, 0.3) is 0 Å². The Labute approximate surface area is 160 Å². The zero-order valence-electron chi connectivity index (χ0n) is 15.9. The average Bonchev–Trinajstić information content (AvgIpc) is 2.59. The summed E-state index contributed by atoms with van der Waals surface area (Å²) in [4.78, 5) is 14.2. The first-order chi connectivity index (χ1) is 12.7. The number of benzene rings is 1. The lowest BCUT2D eigenvalue weighted by Crippen LogP contribution is -2.63. The van der Waals surface area contributed by atoms with E-state index in [0.29, 0.717) is 6.61 Å². The second kappa shape index (κ2) is 7.61. The van der Waals surface area contributed by atoms with Gasteiger partial charge in [0, 0.05) is 18.5 Å². The number of ether oxygens (including phenoxy) is 2. The average molecular weight is 394 g/mol. The van der Waals surface area contributed by atoms with Gasteiger partial charge in [-0.15, -0.1) is 0 Å². The van der Waals surface area contributed by atoms with E-state index in [1.165, 1.54) is 9.71 Å². The fraction of sp³-hybridized carbons (Fsp3) is 0.526. The van der Waals surface area contributed by atoms with E-state index in [0.717, 1.165) is 5.56 Å². The minimum Gasteiger partial charge on any atom is -0.444 e. The van der Waals surface area contributed by atoms with Crippen molar-refractivity contribution in [3.05, 3.63) is 47.4 Å². The molecule has 3 unspecified atom stereocenters. The molecule has 0 radical (unpaired) electrons. The van der Waals surface area contributed by atoms with Crippen molar-refractivity contribution >= 4 is 16.1 Å². The summed E-state index contributed by atoms with van der Waals surface area (Å²) in [5, 5.41) is 1.17. The first kappa shape index (κ1) is 19.9. The molecule has 0 spiro atoms. The van der Waals surface area contributed by atoms with Crippen molar-refractivity contribution in [1.82, 2.24) is 9.21 Å². The summed E-state index contributed by atoms with van der Waals surface area (Å²) < 4.78 is 37.5. The van der Waals surface area contributed by atoms with Crippen LogP contribution >= 0.6 is 0 Å². The number of carbonyl (C=O) groups excluding carboxylic acids is 1. The standard InChI is InChI=1S/C19H26N2O5S/c1-19(2,3)26-18(22)20-11-17(14-25-13-15-7-5-4-6-8-15)21-12-16(20)9-10-27(21,23)24/h4-10,16-17H,11-14H2,1-3H3. The van der Waals surface area contributed by atoms with Crippen LogP contribution in [0.2, 0.25) is 0 Å². The number of hydrogen-bond acceptors (Lipinski definition) is 5. The summed E-state index contributed by atoms with van der Waals surface area (Å²) in [6.07, 6.45) is 1.11. The highest BCUT2D eigenvalue weighted by Crippen LogP contribution is 2.27. The van der Waals surface area contributed by atoms with Crippen LogP contribution in [0.4, 0.5) is 4.79 Å². The molecule has 1 aromatic rings. The molecule has 1 saturated heterocycles. The number of amides is 1. The fourth-order valence-electron chi connectivity index (χ4n) is 3.18. The Bertz CT molecular complexity index is 801. The topological polar surface area (TPSA) is 76.2 Å². The molecule has 1 fully saturated rings. The lowest BCUT2D eigenvalue weighted by atomic mass is 10.1. The van der Waals surface area contributed by atoms with Gasteiger partial charge in [-0.05, 0) is 32.4 Å². The Hall–Kier alpha value is -1.90. The first-order valence-corrected chi connectivity index (χ1v) is 10.5. The number of sulfonamides is 1. The molecule has 2 aliphatic rings. The third-order valence-corrected chi connectivity index (χ3v) is 6.03. The molecule has 27 heavy (non-hydrogen) atoms. The minimum absolute atomic E-state index is 0.202. The fourth-order valence-corrected chi connectivity index (χ4v) is 4.62. The van der Waals surface area contributed by atoms with Crippen molar-refractivity contribution in [2.24, 2.45) is 0 Å². The number of hydrogen-bond donors (Lipinski definition) is 0. The summed E-state index contributed by atoms with van der Waals surface area (Å²) in [7, 11) is -3.49. The third kappa shape index (κ3) is 4.88. The van der Waals surface area contributed by atoms with Gasteiger partial charge in [-0.3, -0.25) is 4.90 Å². The van der Waals surface area contributed by atoms with Crippen LogP contribution in [0, 0.1) is 0 Å². The SMILES string of the molecule is CC(C)(C)OC(=O)N1CC(COCc2ccccc2)N2CC1C=CS2(=O)=O. The van der Waals surface area contributed by atoms with Gasteiger partial charge < -0.3 is 9.47 Å². The highest BCUT2D eigenvalue weighted by molar-refractivity contribution is 7.92. The van der Waals surface area contributed by atoms with E-state index in [1.807, 2.05) is 51.1 Å². The summed E-state index contributed by atoms with van der Waals surface area (Å²) in [5.41, 5.74) is 0.398. The van der Waals surface area contributed by atoms with Crippen LogP contribution in [-0.4, -0.2) is 61.1 Å². The molecule has 7 nitrogen and oxygen atoms in total. The van der Waals surface area contributed by atoms with E-state index in [4.69, 9.17) is 9.47 Å².